The fourth-order valence-corrected chi connectivity index (χ4v) is 2.87. The maximum Gasteiger partial charge on any atom is 0.331 e. The normalized spacial score (nSPS) is 16.4. The smallest absolute Gasteiger partial charge is 0.331 e. The van der Waals surface area contributed by atoms with Crippen LogP contribution in [-0.4, -0.2) is 50.2 Å². The van der Waals surface area contributed by atoms with E-state index in [9.17, 15) is 9.59 Å². The Balaban J connectivity index is 1.91. The molecule has 1 aromatic rings. The average Bonchev–Trinajstić information content (AvgIpc) is 2.66. The first kappa shape index (κ1) is 19.8. The molecule has 0 N–H and O–H groups in total. The minimum atomic E-state index is -0.786. The lowest BCUT2D eigenvalue weighted by Gasteiger charge is -2.31. The average molecular weight is 361 g/mol. The van der Waals surface area contributed by atoms with Gasteiger partial charge < -0.3 is 19.1 Å². The second-order valence-corrected chi connectivity index (χ2v) is 6.53. The lowest BCUT2D eigenvalue weighted by molar-refractivity contribution is -0.156. The summed E-state index contributed by atoms with van der Waals surface area (Å²) < 4.78 is 15.6. The number of nitrogens with zero attached hydrogens (tertiary/aromatic N) is 1. The minimum absolute atomic E-state index is 0.134. The van der Waals surface area contributed by atoms with Crippen molar-refractivity contribution in [1.82, 2.24) is 4.90 Å². The standard InChI is InChI=1S/C20H27NO5/c1-14-9-11-21(12-10-14)20(23)15(2)26-19(22)8-6-16-5-7-17(24-3)18(13-16)25-4/h5-8,13-15H,9-12H2,1-4H3/b8-6+. The van der Waals surface area contributed by atoms with E-state index >= 15 is 0 Å². The summed E-state index contributed by atoms with van der Waals surface area (Å²) in [5, 5.41) is 0. The number of rotatable bonds is 6. The number of methoxy groups -OCH3 is 2. The van der Waals surface area contributed by atoms with Gasteiger partial charge in [0.05, 0.1) is 14.2 Å². The van der Waals surface area contributed by atoms with Crippen molar-refractivity contribution >= 4 is 18.0 Å². The third-order valence-electron chi connectivity index (χ3n) is 4.56. The van der Waals surface area contributed by atoms with Crippen LogP contribution in [0.15, 0.2) is 24.3 Å². The highest BCUT2D eigenvalue weighted by Gasteiger charge is 2.26. The molecule has 0 saturated carbocycles. The van der Waals surface area contributed by atoms with Crippen molar-refractivity contribution < 1.29 is 23.8 Å². The van der Waals surface area contributed by atoms with Gasteiger partial charge in [0.25, 0.3) is 5.91 Å². The number of likely N-dealkylation sites (tertiary alicyclic amines) is 1. The molecular formula is C20H27NO5. The van der Waals surface area contributed by atoms with Crippen molar-refractivity contribution in [2.24, 2.45) is 5.92 Å². The summed E-state index contributed by atoms with van der Waals surface area (Å²) in [5.74, 6) is 1.14. The number of hydrogen-bond donors (Lipinski definition) is 0. The predicted molar refractivity (Wildman–Crippen MR) is 99.1 cm³/mol. The van der Waals surface area contributed by atoms with Crippen LogP contribution < -0.4 is 9.47 Å². The number of ether oxygens (including phenoxy) is 3. The van der Waals surface area contributed by atoms with Crippen LogP contribution in [0.5, 0.6) is 11.5 Å². The highest BCUT2D eigenvalue weighted by Crippen LogP contribution is 2.28. The molecule has 142 valence electrons. The van der Waals surface area contributed by atoms with Gasteiger partial charge in [-0.1, -0.05) is 13.0 Å². The zero-order chi connectivity index (χ0) is 19.1. The first-order valence-electron chi connectivity index (χ1n) is 8.84. The van der Waals surface area contributed by atoms with Crippen LogP contribution in [0.4, 0.5) is 0 Å². The molecule has 1 heterocycles. The van der Waals surface area contributed by atoms with Crippen molar-refractivity contribution in [3.8, 4) is 11.5 Å². The Labute approximate surface area is 154 Å². The molecule has 1 fully saturated rings. The van der Waals surface area contributed by atoms with Gasteiger partial charge in [0.15, 0.2) is 17.6 Å². The Morgan fingerprint density at radius 1 is 1.15 bits per heavy atom. The van der Waals surface area contributed by atoms with Crippen LogP contribution >= 0.6 is 0 Å². The van der Waals surface area contributed by atoms with Crippen molar-refractivity contribution in [3.63, 3.8) is 0 Å². The first-order chi connectivity index (χ1) is 12.4. The molecule has 1 unspecified atom stereocenters. The summed E-state index contributed by atoms with van der Waals surface area (Å²) in [4.78, 5) is 26.1. The molecule has 1 amide bonds. The number of carbonyl (C=O) groups is 2. The Morgan fingerprint density at radius 2 is 1.81 bits per heavy atom. The molecule has 1 aromatic carbocycles. The molecule has 0 aliphatic carbocycles. The summed E-state index contributed by atoms with van der Waals surface area (Å²) in [6, 6.07) is 5.31. The fraction of sp³-hybridized carbons (Fsp3) is 0.500. The third kappa shape index (κ3) is 5.25. The molecule has 1 saturated heterocycles. The number of carbonyl (C=O) groups excluding carboxylic acids is 2. The largest absolute Gasteiger partial charge is 0.493 e. The molecule has 0 radical (unpaired) electrons. The van der Waals surface area contributed by atoms with Crippen LogP contribution in [0, 0.1) is 5.92 Å². The van der Waals surface area contributed by atoms with Gasteiger partial charge >= 0.3 is 5.97 Å². The molecule has 0 bridgehead atoms. The lowest BCUT2D eigenvalue weighted by atomic mass is 9.99. The second-order valence-electron chi connectivity index (χ2n) is 6.53. The van der Waals surface area contributed by atoms with Gasteiger partial charge in [-0.05, 0) is 49.5 Å². The molecule has 26 heavy (non-hydrogen) atoms. The highest BCUT2D eigenvalue weighted by atomic mass is 16.5. The highest BCUT2D eigenvalue weighted by molar-refractivity contribution is 5.90. The number of amides is 1. The predicted octanol–water partition coefficient (Wildman–Crippen LogP) is 2.91. The Hall–Kier alpha value is -2.50. The molecule has 1 atom stereocenters. The lowest BCUT2D eigenvalue weighted by Crippen LogP contribution is -2.43. The van der Waals surface area contributed by atoms with Gasteiger partial charge in [-0.3, -0.25) is 4.79 Å². The van der Waals surface area contributed by atoms with Crippen molar-refractivity contribution in [3.05, 3.63) is 29.8 Å². The van der Waals surface area contributed by atoms with Gasteiger partial charge in [0, 0.05) is 19.2 Å². The molecule has 0 spiro atoms. The molecular weight excluding hydrogens is 334 g/mol. The van der Waals surface area contributed by atoms with E-state index < -0.39 is 12.1 Å². The molecule has 0 aromatic heterocycles. The fourth-order valence-electron chi connectivity index (χ4n) is 2.87. The summed E-state index contributed by atoms with van der Waals surface area (Å²) in [7, 11) is 3.11. The van der Waals surface area contributed by atoms with Crippen LogP contribution in [0.2, 0.25) is 0 Å². The summed E-state index contributed by atoms with van der Waals surface area (Å²) in [6.07, 6.45) is 4.12. The first-order valence-corrected chi connectivity index (χ1v) is 8.84. The Morgan fingerprint density at radius 3 is 2.42 bits per heavy atom. The molecule has 1 aliphatic heterocycles. The van der Waals surface area contributed by atoms with Crippen molar-refractivity contribution in [2.45, 2.75) is 32.8 Å². The van der Waals surface area contributed by atoms with Gasteiger partial charge in [0.1, 0.15) is 0 Å². The summed E-state index contributed by atoms with van der Waals surface area (Å²) in [5.41, 5.74) is 0.767. The second kappa shape index (κ2) is 9.27. The summed E-state index contributed by atoms with van der Waals surface area (Å²) >= 11 is 0. The van der Waals surface area contributed by atoms with E-state index in [1.54, 1.807) is 50.3 Å². The van der Waals surface area contributed by atoms with Crippen molar-refractivity contribution in [1.29, 1.82) is 0 Å². The van der Waals surface area contributed by atoms with Crippen LogP contribution in [0.1, 0.15) is 32.3 Å². The maximum absolute atomic E-state index is 12.4. The number of hydrogen-bond acceptors (Lipinski definition) is 5. The molecule has 1 aliphatic rings. The van der Waals surface area contributed by atoms with Crippen molar-refractivity contribution in [2.75, 3.05) is 27.3 Å². The SMILES string of the molecule is COc1ccc(/C=C/C(=O)OC(C)C(=O)N2CCC(C)CC2)cc1OC. The van der Waals surface area contributed by atoms with Gasteiger partial charge in [0.2, 0.25) is 0 Å². The Bertz CT molecular complexity index is 662. The van der Waals surface area contributed by atoms with E-state index in [4.69, 9.17) is 14.2 Å². The Kier molecular flexibility index (Phi) is 7.06. The van der Waals surface area contributed by atoms with Crippen LogP contribution in [-0.2, 0) is 14.3 Å². The van der Waals surface area contributed by atoms with E-state index in [1.807, 2.05) is 0 Å². The van der Waals surface area contributed by atoms with Gasteiger partial charge in [-0.25, -0.2) is 4.79 Å². The number of esters is 1. The molecule has 2 rings (SSSR count). The van der Waals surface area contributed by atoms with Gasteiger partial charge in [-0.15, -0.1) is 0 Å². The van der Waals surface area contributed by atoms with E-state index in [0.717, 1.165) is 31.5 Å². The molecule has 6 heteroatoms. The van der Waals surface area contributed by atoms with E-state index in [2.05, 4.69) is 6.92 Å². The minimum Gasteiger partial charge on any atom is -0.493 e. The third-order valence-corrected chi connectivity index (χ3v) is 4.56. The van der Waals surface area contributed by atoms with E-state index in [1.165, 1.54) is 6.08 Å². The monoisotopic (exact) mass is 361 g/mol. The maximum atomic E-state index is 12.4. The zero-order valence-electron chi connectivity index (χ0n) is 15.9. The number of benzene rings is 1. The van der Waals surface area contributed by atoms with E-state index in [-0.39, 0.29) is 5.91 Å². The van der Waals surface area contributed by atoms with E-state index in [0.29, 0.717) is 17.4 Å². The topological polar surface area (TPSA) is 65.1 Å². The number of piperidine rings is 1. The van der Waals surface area contributed by atoms with Crippen LogP contribution in [0.25, 0.3) is 6.08 Å². The molecule has 6 nitrogen and oxygen atoms in total. The zero-order valence-corrected chi connectivity index (χ0v) is 15.9. The quantitative estimate of drug-likeness (QED) is 0.576. The van der Waals surface area contributed by atoms with Crippen LogP contribution in [0.3, 0.4) is 0 Å². The summed E-state index contributed by atoms with van der Waals surface area (Å²) in [6.45, 7) is 5.25. The van der Waals surface area contributed by atoms with Gasteiger partial charge in [-0.2, -0.15) is 0 Å².